The maximum Gasteiger partial charge on any atom is 0.416 e. The van der Waals surface area contributed by atoms with Crippen LogP contribution >= 0.6 is 0 Å². The molecule has 0 radical (unpaired) electrons. The molecule has 0 saturated carbocycles. The molecular formula is C19H21F3N2O3. The smallest absolute Gasteiger partial charge is 0.416 e. The highest BCUT2D eigenvalue weighted by molar-refractivity contribution is 5.65. The van der Waals surface area contributed by atoms with E-state index in [1.54, 1.807) is 24.3 Å². The molecule has 0 fully saturated rings. The van der Waals surface area contributed by atoms with Gasteiger partial charge in [0.2, 0.25) is 0 Å². The van der Waals surface area contributed by atoms with Crippen molar-refractivity contribution in [2.24, 2.45) is 0 Å². The molecule has 146 valence electrons. The molecule has 5 nitrogen and oxygen atoms in total. The second-order valence-corrected chi connectivity index (χ2v) is 6.10. The summed E-state index contributed by atoms with van der Waals surface area (Å²) in [5.74, 6) is 0. The van der Waals surface area contributed by atoms with Crippen molar-refractivity contribution < 1.29 is 28.2 Å². The standard InChI is InChI=1S/C19H21F3N2O3/c20-19(21,22)15-9-5-4-8-14(15)11-23-12-17(25)16(24-18(26)27)10-13-6-2-1-3-7-13/h1-9,16-17,23-25H,10-12H2,(H,26,27)/t16-,17+/m0/s1. The van der Waals surface area contributed by atoms with Gasteiger partial charge < -0.3 is 20.8 Å². The topological polar surface area (TPSA) is 81.6 Å². The fourth-order valence-corrected chi connectivity index (χ4v) is 2.76. The van der Waals surface area contributed by atoms with E-state index in [4.69, 9.17) is 5.11 Å². The molecular weight excluding hydrogens is 361 g/mol. The molecule has 0 aromatic heterocycles. The van der Waals surface area contributed by atoms with Gasteiger partial charge in [0.05, 0.1) is 17.7 Å². The van der Waals surface area contributed by atoms with Gasteiger partial charge >= 0.3 is 12.3 Å². The normalized spacial score (nSPS) is 13.8. The van der Waals surface area contributed by atoms with E-state index in [0.717, 1.165) is 11.6 Å². The molecule has 0 spiro atoms. The van der Waals surface area contributed by atoms with Gasteiger partial charge in [-0.05, 0) is 23.6 Å². The fraction of sp³-hybridized carbons (Fsp3) is 0.316. The molecule has 1 amide bonds. The number of rotatable bonds is 8. The first-order chi connectivity index (χ1) is 12.8. The van der Waals surface area contributed by atoms with Gasteiger partial charge in [-0.1, -0.05) is 48.5 Å². The Morgan fingerprint density at radius 2 is 1.67 bits per heavy atom. The minimum Gasteiger partial charge on any atom is -0.465 e. The van der Waals surface area contributed by atoms with Crippen LogP contribution in [0.1, 0.15) is 16.7 Å². The summed E-state index contributed by atoms with van der Waals surface area (Å²) >= 11 is 0. The summed E-state index contributed by atoms with van der Waals surface area (Å²) in [6, 6.07) is 13.4. The zero-order valence-electron chi connectivity index (χ0n) is 14.4. The van der Waals surface area contributed by atoms with Crippen molar-refractivity contribution in [3.05, 3.63) is 71.3 Å². The molecule has 0 unspecified atom stereocenters. The van der Waals surface area contributed by atoms with E-state index < -0.39 is 30.0 Å². The number of alkyl halides is 3. The Labute approximate surface area is 154 Å². The summed E-state index contributed by atoms with van der Waals surface area (Å²) in [5, 5.41) is 24.3. The number of amides is 1. The van der Waals surface area contributed by atoms with Gasteiger partial charge in [-0.2, -0.15) is 13.2 Å². The first-order valence-electron chi connectivity index (χ1n) is 8.34. The van der Waals surface area contributed by atoms with Crippen LogP contribution in [0, 0.1) is 0 Å². The Bertz CT molecular complexity index is 738. The van der Waals surface area contributed by atoms with Crippen LogP contribution in [0.15, 0.2) is 54.6 Å². The highest BCUT2D eigenvalue weighted by Crippen LogP contribution is 2.31. The Balaban J connectivity index is 1.97. The summed E-state index contributed by atoms with van der Waals surface area (Å²) in [7, 11) is 0. The van der Waals surface area contributed by atoms with E-state index in [-0.39, 0.29) is 25.1 Å². The summed E-state index contributed by atoms with van der Waals surface area (Å²) in [6.07, 6.45) is -6.59. The highest BCUT2D eigenvalue weighted by Gasteiger charge is 2.32. The van der Waals surface area contributed by atoms with Gasteiger partial charge in [0.25, 0.3) is 0 Å². The van der Waals surface area contributed by atoms with Crippen molar-refractivity contribution in [2.75, 3.05) is 6.54 Å². The predicted octanol–water partition coefficient (Wildman–Crippen LogP) is 3.03. The quantitative estimate of drug-likeness (QED) is 0.566. The molecule has 2 aromatic rings. The van der Waals surface area contributed by atoms with Crippen LogP contribution in [0.25, 0.3) is 0 Å². The number of benzene rings is 2. The number of hydrogen-bond acceptors (Lipinski definition) is 3. The molecule has 0 heterocycles. The fourth-order valence-electron chi connectivity index (χ4n) is 2.76. The molecule has 0 aliphatic rings. The molecule has 0 saturated heterocycles. The van der Waals surface area contributed by atoms with Crippen LogP contribution in [-0.2, 0) is 19.1 Å². The van der Waals surface area contributed by atoms with Gasteiger partial charge in [0.1, 0.15) is 0 Å². The molecule has 27 heavy (non-hydrogen) atoms. The number of carboxylic acid groups (broad SMARTS) is 1. The van der Waals surface area contributed by atoms with Gasteiger partial charge in [-0.25, -0.2) is 4.79 Å². The highest BCUT2D eigenvalue weighted by atomic mass is 19.4. The summed E-state index contributed by atoms with van der Waals surface area (Å²) < 4.78 is 39.0. The first kappa shape index (κ1) is 20.7. The molecule has 4 N–H and O–H groups in total. The van der Waals surface area contributed by atoms with Gasteiger partial charge in [0.15, 0.2) is 0 Å². The van der Waals surface area contributed by atoms with E-state index in [2.05, 4.69) is 10.6 Å². The zero-order valence-corrected chi connectivity index (χ0v) is 14.4. The van der Waals surface area contributed by atoms with Crippen LogP contribution in [0.5, 0.6) is 0 Å². The van der Waals surface area contributed by atoms with Crippen molar-refractivity contribution in [3.8, 4) is 0 Å². The first-order valence-corrected chi connectivity index (χ1v) is 8.34. The van der Waals surface area contributed by atoms with Crippen molar-refractivity contribution in [3.63, 3.8) is 0 Å². The summed E-state index contributed by atoms with van der Waals surface area (Å²) in [5.41, 5.74) is 0.150. The van der Waals surface area contributed by atoms with Crippen LogP contribution in [0.4, 0.5) is 18.0 Å². The van der Waals surface area contributed by atoms with Crippen molar-refractivity contribution in [1.82, 2.24) is 10.6 Å². The SMILES string of the molecule is O=C(O)N[C@@H](Cc1ccccc1)[C@H](O)CNCc1ccccc1C(F)(F)F. The predicted molar refractivity (Wildman–Crippen MR) is 94.3 cm³/mol. The van der Waals surface area contributed by atoms with Crippen molar-refractivity contribution >= 4 is 6.09 Å². The number of aliphatic hydroxyl groups excluding tert-OH is 1. The third-order valence-corrected chi connectivity index (χ3v) is 4.06. The molecule has 0 aliphatic heterocycles. The van der Waals surface area contributed by atoms with Crippen molar-refractivity contribution in [2.45, 2.75) is 31.3 Å². The second-order valence-electron chi connectivity index (χ2n) is 6.10. The van der Waals surface area contributed by atoms with Crippen LogP contribution in [0.3, 0.4) is 0 Å². The van der Waals surface area contributed by atoms with E-state index in [0.29, 0.717) is 0 Å². The lowest BCUT2D eigenvalue weighted by atomic mass is 10.0. The monoisotopic (exact) mass is 382 g/mol. The lowest BCUT2D eigenvalue weighted by molar-refractivity contribution is -0.138. The molecule has 2 rings (SSSR count). The maximum absolute atomic E-state index is 13.0. The Kier molecular flexibility index (Phi) is 7.20. The van der Waals surface area contributed by atoms with E-state index in [1.807, 2.05) is 6.07 Å². The van der Waals surface area contributed by atoms with Crippen molar-refractivity contribution in [1.29, 1.82) is 0 Å². The third-order valence-electron chi connectivity index (χ3n) is 4.06. The zero-order chi connectivity index (χ0) is 19.9. The van der Waals surface area contributed by atoms with E-state index in [1.165, 1.54) is 18.2 Å². The van der Waals surface area contributed by atoms with E-state index >= 15 is 0 Å². The Hall–Kier alpha value is -2.58. The molecule has 2 aromatic carbocycles. The van der Waals surface area contributed by atoms with Crippen LogP contribution < -0.4 is 10.6 Å². The van der Waals surface area contributed by atoms with Crippen LogP contribution in [0.2, 0.25) is 0 Å². The lowest BCUT2D eigenvalue weighted by Gasteiger charge is -2.24. The average Bonchev–Trinajstić information content (AvgIpc) is 2.61. The largest absolute Gasteiger partial charge is 0.465 e. The Morgan fingerprint density at radius 1 is 1.04 bits per heavy atom. The van der Waals surface area contributed by atoms with Gasteiger partial charge in [-0.15, -0.1) is 0 Å². The van der Waals surface area contributed by atoms with Gasteiger partial charge in [-0.3, -0.25) is 0 Å². The number of hydrogen-bond donors (Lipinski definition) is 4. The summed E-state index contributed by atoms with van der Waals surface area (Å²) in [4.78, 5) is 11.0. The second kappa shape index (κ2) is 9.38. The molecule has 0 aliphatic carbocycles. The molecule has 8 heteroatoms. The Morgan fingerprint density at radius 3 is 2.30 bits per heavy atom. The lowest BCUT2D eigenvalue weighted by Crippen LogP contribution is -2.48. The number of carbonyl (C=O) groups is 1. The third kappa shape index (κ3) is 6.58. The minimum atomic E-state index is -4.46. The number of nitrogens with one attached hydrogen (secondary N) is 2. The maximum atomic E-state index is 13.0. The average molecular weight is 382 g/mol. The van der Waals surface area contributed by atoms with E-state index in [9.17, 15) is 23.1 Å². The molecule has 2 atom stereocenters. The minimum absolute atomic E-state index is 0.0583. The van der Waals surface area contributed by atoms with Crippen LogP contribution in [-0.4, -0.2) is 35.0 Å². The number of aliphatic hydroxyl groups is 1. The summed E-state index contributed by atoms with van der Waals surface area (Å²) in [6.45, 7) is -0.165. The number of halogens is 3. The molecule has 0 bridgehead atoms. The van der Waals surface area contributed by atoms with Gasteiger partial charge in [0, 0.05) is 13.1 Å².